The van der Waals surface area contributed by atoms with E-state index < -0.39 is 6.04 Å². The lowest BCUT2D eigenvalue weighted by Gasteiger charge is -2.17. The molecule has 1 amide bonds. The van der Waals surface area contributed by atoms with Crippen LogP contribution in [0.2, 0.25) is 0 Å². The minimum absolute atomic E-state index is 0.261. The highest BCUT2D eigenvalue weighted by Crippen LogP contribution is 2.16. The van der Waals surface area contributed by atoms with Gasteiger partial charge in [-0.25, -0.2) is 4.39 Å². The smallest absolute Gasteiger partial charge is 0.237 e. The molecule has 1 aromatic rings. The number of nitrogens with one attached hydrogen (secondary N) is 1. The Kier molecular flexibility index (Phi) is 5.04. The van der Waals surface area contributed by atoms with E-state index >= 15 is 0 Å². The Morgan fingerprint density at radius 1 is 1.61 bits per heavy atom. The van der Waals surface area contributed by atoms with Crippen LogP contribution in [0.3, 0.4) is 0 Å². The molecule has 0 heterocycles. The zero-order valence-corrected chi connectivity index (χ0v) is 10.7. The Labute approximate surface area is 107 Å². The molecule has 0 aliphatic rings. The topological polar surface area (TPSA) is 55.1 Å². The number of carbonyl (C=O) groups is 1. The number of amides is 1. The number of rotatable bonds is 5. The van der Waals surface area contributed by atoms with Crippen LogP contribution in [-0.4, -0.2) is 11.9 Å². The maximum Gasteiger partial charge on any atom is 0.237 e. The second-order valence-corrected chi connectivity index (χ2v) is 4.37. The largest absolute Gasteiger partial charge is 0.348 e. The molecule has 0 aliphatic carbocycles. The van der Waals surface area contributed by atoms with Gasteiger partial charge in [-0.1, -0.05) is 18.2 Å². The molecule has 0 saturated heterocycles. The number of halogens is 1. The van der Waals surface area contributed by atoms with E-state index in [9.17, 15) is 9.18 Å². The van der Waals surface area contributed by atoms with Gasteiger partial charge >= 0.3 is 0 Å². The van der Waals surface area contributed by atoms with Gasteiger partial charge in [0, 0.05) is 0 Å². The van der Waals surface area contributed by atoms with E-state index in [0.717, 1.165) is 5.56 Å². The lowest BCUT2D eigenvalue weighted by molar-refractivity contribution is -0.122. The highest BCUT2D eigenvalue weighted by atomic mass is 19.1. The molecule has 18 heavy (non-hydrogen) atoms. The van der Waals surface area contributed by atoms with Crippen molar-refractivity contribution >= 4 is 5.91 Å². The highest BCUT2D eigenvalue weighted by Gasteiger charge is 2.15. The quantitative estimate of drug-likeness (QED) is 0.787. The number of benzene rings is 1. The Morgan fingerprint density at radius 3 is 2.83 bits per heavy atom. The van der Waals surface area contributed by atoms with Gasteiger partial charge in [-0.2, -0.15) is 0 Å². The van der Waals surface area contributed by atoms with E-state index in [1.54, 1.807) is 32.1 Å². The van der Waals surface area contributed by atoms with Crippen LogP contribution in [-0.2, 0) is 4.79 Å². The first kappa shape index (κ1) is 14.4. The molecule has 0 aromatic heterocycles. The van der Waals surface area contributed by atoms with Gasteiger partial charge in [0.15, 0.2) is 0 Å². The van der Waals surface area contributed by atoms with Gasteiger partial charge in [-0.3, -0.25) is 4.79 Å². The van der Waals surface area contributed by atoms with E-state index in [0.29, 0.717) is 12.0 Å². The van der Waals surface area contributed by atoms with Crippen LogP contribution in [0.25, 0.3) is 0 Å². The SMILES string of the molecule is C=CCC(N)C(=O)NC(C)c1ccc(C)c(F)c1. The van der Waals surface area contributed by atoms with Crippen molar-refractivity contribution in [3.8, 4) is 0 Å². The molecule has 3 N–H and O–H groups in total. The van der Waals surface area contributed by atoms with Crippen molar-refractivity contribution in [2.24, 2.45) is 5.73 Å². The molecule has 0 radical (unpaired) electrons. The molecule has 2 unspecified atom stereocenters. The molecule has 1 aromatic carbocycles. The first-order valence-corrected chi connectivity index (χ1v) is 5.88. The summed E-state index contributed by atoms with van der Waals surface area (Å²) in [4.78, 5) is 11.7. The number of aryl methyl sites for hydroxylation is 1. The van der Waals surface area contributed by atoms with Crippen LogP contribution in [0.1, 0.15) is 30.5 Å². The van der Waals surface area contributed by atoms with Crippen LogP contribution < -0.4 is 11.1 Å². The number of nitrogens with two attached hydrogens (primary N) is 1. The van der Waals surface area contributed by atoms with Gasteiger partial charge in [-0.05, 0) is 37.5 Å². The van der Waals surface area contributed by atoms with Gasteiger partial charge < -0.3 is 11.1 Å². The fourth-order valence-corrected chi connectivity index (χ4v) is 1.57. The third kappa shape index (κ3) is 3.67. The Hall–Kier alpha value is -1.68. The summed E-state index contributed by atoms with van der Waals surface area (Å²) in [7, 11) is 0. The van der Waals surface area contributed by atoms with Crippen molar-refractivity contribution < 1.29 is 9.18 Å². The zero-order valence-electron chi connectivity index (χ0n) is 10.7. The lowest BCUT2D eigenvalue weighted by Crippen LogP contribution is -2.41. The van der Waals surface area contributed by atoms with Crippen molar-refractivity contribution in [1.29, 1.82) is 0 Å². The second kappa shape index (κ2) is 6.31. The average molecular weight is 250 g/mol. The molecule has 0 saturated carbocycles. The summed E-state index contributed by atoms with van der Waals surface area (Å²) in [5.41, 5.74) is 6.95. The molecular formula is C14H19FN2O. The van der Waals surface area contributed by atoms with Gasteiger partial charge in [0.25, 0.3) is 0 Å². The van der Waals surface area contributed by atoms with Gasteiger partial charge in [0.1, 0.15) is 5.82 Å². The minimum Gasteiger partial charge on any atom is -0.348 e. The van der Waals surface area contributed by atoms with Gasteiger partial charge in [0.05, 0.1) is 12.1 Å². The first-order chi connectivity index (χ1) is 8.45. The van der Waals surface area contributed by atoms with Crippen molar-refractivity contribution in [2.75, 3.05) is 0 Å². The van der Waals surface area contributed by atoms with Crippen LogP contribution >= 0.6 is 0 Å². The summed E-state index contributed by atoms with van der Waals surface area (Å²) in [6.07, 6.45) is 2.02. The van der Waals surface area contributed by atoms with E-state index in [2.05, 4.69) is 11.9 Å². The fraction of sp³-hybridized carbons (Fsp3) is 0.357. The monoisotopic (exact) mass is 250 g/mol. The van der Waals surface area contributed by atoms with Crippen molar-refractivity contribution in [2.45, 2.75) is 32.4 Å². The molecule has 0 bridgehead atoms. The van der Waals surface area contributed by atoms with E-state index in [1.165, 1.54) is 6.07 Å². The molecule has 0 aliphatic heterocycles. The zero-order chi connectivity index (χ0) is 13.7. The average Bonchev–Trinajstić information content (AvgIpc) is 2.32. The molecule has 98 valence electrons. The van der Waals surface area contributed by atoms with Crippen LogP contribution in [0.4, 0.5) is 4.39 Å². The molecule has 0 spiro atoms. The molecular weight excluding hydrogens is 231 g/mol. The minimum atomic E-state index is -0.611. The van der Waals surface area contributed by atoms with Gasteiger partial charge in [0.2, 0.25) is 5.91 Å². The maximum atomic E-state index is 13.4. The molecule has 4 heteroatoms. The predicted molar refractivity (Wildman–Crippen MR) is 70.5 cm³/mol. The maximum absolute atomic E-state index is 13.4. The first-order valence-electron chi connectivity index (χ1n) is 5.88. The summed E-state index contributed by atoms with van der Waals surface area (Å²) in [6, 6.07) is 4.03. The van der Waals surface area contributed by atoms with Gasteiger partial charge in [-0.15, -0.1) is 6.58 Å². The van der Waals surface area contributed by atoms with Crippen LogP contribution in [0, 0.1) is 12.7 Å². The third-order valence-electron chi connectivity index (χ3n) is 2.81. The van der Waals surface area contributed by atoms with Crippen LogP contribution in [0.5, 0.6) is 0 Å². The Morgan fingerprint density at radius 2 is 2.28 bits per heavy atom. The predicted octanol–water partition coefficient (Wildman–Crippen LogP) is 2.21. The highest BCUT2D eigenvalue weighted by molar-refractivity contribution is 5.82. The van der Waals surface area contributed by atoms with Crippen LogP contribution in [0.15, 0.2) is 30.9 Å². The summed E-state index contributed by atoms with van der Waals surface area (Å²) < 4.78 is 13.4. The molecule has 0 fully saturated rings. The molecule has 1 rings (SSSR count). The lowest BCUT2D eigenvalue weighted by atomic mass is 10.1. The normalized spacial score (nSPS) is 13.8. The molecule has 3 nitrogen and oxygen atoms in total. The summed E-state index contributed by atoms with van der Waals surface area (Å²) in [5.74, 6) is -0.535. The van der Waals surface area contributed by atoms with E-state index in [1.807, 2.05) is 0 Å². The third-order valence-corrected chi connectivity index (χ3v) is 2.81. The number of hydrogen-bond acceptors (Lipinski definition) is 2. The summed E-state index contributed by atoms with van der Waals surface area (Å²) in [6.45, 7) is 7.02. The van der Waals surface area contributed by atoms with Crippen molar-refractivity contribution in [3.05, 3.63) is 47.8 Å². The molecule has 2 atom stereocenters. The van der Waals surface area contributed by atoms with E-state index in [-0.39, 0.29) is 17.8 Å². The Bertz CT molecular complexity index is 445. The fourth-order valence-electron chi connectivity index (χ4n) is 1.57. The summed E-state index contributed by atoms with van der Waals surface area (Å²) in [5, 5.41) is 2.75. The number of carbonyl (C=O) groups excluding carboxylic acids is 1. The van der Waals surface area contributed by atoms with Crippen molar-refractivity contribution in [3.63, 3.8) is 0 Å². The Balaban J connectivity index is 2.70. The van der Waals surface area contributed by atoms with E-state index in [4.69, 9.17) is 5.73 Å². The second-order valence-electron chi connectivity index (χ2n) is 4.37. The standard InChI is InChI=1S/C14H19FN2O/c1-4-5-13(16)14(18)17-10(3)11-7-6-9(2)12(15)8-11/h4,6-8,10,13H,1,5,16H2,2-3H3,(H,17,18). The van der Waals surface area contributed by atoms with Crippen molar-refractivity contribution in [1.82, 2.24) is 5.32 Å². The summed E-state index contributed by atoms with van der Waals surface area (Å²) >= 11 is 0. The number of hydrogen-bond donors (Lipinski definition) is 2.